The first-order valence-corrected chi connectivity index (χ1v) is 6.60. The second kappa shape index (κ2) is 3.44. The summed E-state index contributed by atoms with van der Waals surface area (Å²) in [7, 11) is 0. The maximum atomic E-state index is 12.5. The molecule has 3 rings (SSSR count). The Kier molecular flexibility index (Phi) is 2.23. The average Bonchev–Trinajstić information content (AvgIpc) is 2.47. The first-order chi connectivity index (χ1) is 8.02. The average molecular weight is 228 g/mol. The highest BCUT2D eigenvalue weighted by Gasteiger charge is 2.50. The molecule has 0 aliphatic heterocycles. The molecule has 2 atom stereocenters. The summed E-state index contributed by atoms with van der Waals surface area (Å²) in [5.74, 6) is 0.672. The number of Topliss-reactive ketones (excluding diaryl/α,β-unsaturated/α-hetero) is 1. The maximum Gasteiger partial charge on any atom is 0.163 e. The van der Waals surface area contributed by atoms with Gasteiger partial charge in [-0.15, -0.1) is 0 Å². The minimum Gasteiger partial charge on any atom is -0.294 e. The molecule has 3 aliphatic carbocycles. The Labute approximate surface area is 103 Å². The summed E-state index contributed by atoms with van der Waals surface area (Å²) < 4.78 is 0. The van der Waals surface area contributed by atoms with Crippen molar-refractivity contribution in [3.05, 3.63) is 34.4 Å². The summed E-state index contributed by atoms with van der Waals surface area (Å²) in [6, 6.07) is 0. The van der Waals surface area contributed by atoms with Gasteiger partial charge in [-0.3, -0.25) is 4.79 Å². The lowest BCUT2D eigenvalue weighted by Crippen LogP contribution is -2.31. The zero-order valence-electron chi connectivity index (χ0n) is 11.0. The third-order valence-corrected chi connectivity index (χ3v) is 4.90. The van der Waals surface area contributed by atoms with Crippen LogP contribution in [0.5, 0.6) is 0 Å². The number of carbonyl (C=O) groups excluding carboxylic acids is 1. The Balaban J connectivity index is 2.06. The molecule has 0 N–H and O–H groups in total. The first kappa shape index (κ1) is 11.0. The maximum absolute atomic E-state index is 12.5. The molecular weight excluding hydrogens is 208 g/mol. The molecule has 0 aromatic heterocycles. The quantitative estimate of drug-likeness (QED) is 0.573. The predicted octanol–water partition coefficient (Wildman–Crippen LogP) is 3.97. The summed E-state index contributed by atoms with van der Waals surface area (Å²) in [4.78, 5) is 12.5. The summed E-state index contributed by atoms with van der Waals surface area (Å²) >= 11 is 0. The van der Waals surface area contributed by atoms with E-state index < -0.39 is 0 Å². The van der Waals surface area contributed by atoms with E-state index in [4.69, 9.17) is 0 Å². The van der Waals surface area contributed by atoms with Gasteiger partial charge in [0.25, 0.3) is 0 Å². The fourth-order valence-corrected chi connectivity index (χ4v) is 3.93. The second-order valence-electron chi connectivity index (χ2n) is 6.19. The number of hydrogen-bond acceptors (Lipinski definition) is 1. The van der Waals surface area contributed by atoms with Crippen molar-refractivity contribution in [3.63, 3.8) is 0 Å². The van der Waals surface area contributed by atoms with E-state index in [0.717, 1.165) is 31.3 Å². The molecule has 0 spiro atoms. The lowest BCUT2D eigenvalue weighted by atomic mass is 9.65. The van der Waals surface area contributed by atoms with Crippen molar-refractivity contribution >= 4 is 5.78 Å². The van der Waals surface area contributed by atoms with E-state index in [1.54, 1.807) is 0 Å². The standard InChI is InChI=1S/C16H20O/c1-10-4-6-12-14(8-10)16(3)9-11(2)5-7-13(16)15(12)17/h4-5,13H,6-9H2,1-3H3. The molecule has 90 valence electrons. The number of allylic oxidation sites excluding steroid dienone is 6. The predicted molar refractivity (Wildman–Crippen MR) is 69.6 cm³/mol. The molecule has 0 saturated heterocycles. The Morgan fingerprint density at radius 2 is 2.00 bits per heavy atom. The molecule has 2 unspecified atom stereocenters. The van der Waals surface area contributed by atoms with Gasteiger partial charge in [0.2, 0.25) is 0 Å². The third-order valence-electron chi connectivity index (χ3n) is 4.90. The van der Waals surface area contributed by atoms with Gasteiger partial charge in [-0.25, -0.2) is 0 Å². The van der Waals surface area contributed by atoms with E-state index in [-0.39, 0.29) is 11.3 Å². The van der Waals surface area contributed by atoms with Gasteiger partial charge in [0.1, 0.15) is 0 Å². The topological polar surface area (TPSA) is 17.1 Å². The van der Waals surface area contributed by atoms with Gasteiger partial charge >= 0.3 is 0 Å². The van der Waals surface area contributed by atoms with E-state index in [1.807, 2.05) is 0 Å². The highest BCUT2D eigenvalue weighted by Crippen LogP contribution is 2.56. The van der Waals surface area contributed by atoms with Crippen LogP contribution in [0.3, 0.4) is 0 Å². The van der Waals surface area contributed by atoms with Crippen LogP contribution in [0.4, 0.5) is 0 Å². The van der Waals surface area contributed by atoms with Crippen LogP contribution in [0, 0.1) is 11.3 Å². The van der Waals surface area contributed by atoms with Gasteiger partial charge in [0.05, 0.1) is 0 Å². The lowest BCUT2D eigenvalue weighted by molar-refractivity contribution is -0.120. The summed E-state index contributed by atoms with van der Waals surface area (Å²) in [6.07, 6.45) is 8.44. The van der Waals surface area contributed by atoms with Gasteiger partial charge in [0.15, 0.2) is 5.78 Å². The highest BCUT2D eigenvalue weighted by atomic mass is 16.1. The van der Waals surface area contributed by atoms with Crippen molar-refractivity contribution in [1.82, 2.24) is 0 Å². The summed E-state index contributed by atoms with van der Waals surface area (Å²) in [6.45, 7) is 6.71. The van der Waals surface area contributed by atoms with Crippen molar-refractivity contribution in [1.29, 1.82) is 0 Å². The van der Waals surface area contributed by atoms with Crippen molar-refractivity contribution < 1.29 is 4.79 Å². The van der Waals surface area contributed by atoms with E-state index in [9.17, 15) is 4.79 Å². The van der Waals surface area contributed by atoms with E-state index >= 15 is 0 Å². The lowest BCUT2D eigenvalue weighted by Gasteiger charge is -2.37. The van der Waals surface area contributed by atoms with Crippen LogP contribution >= 0.6 is 0 Å². The molecule has 0 fully saturated rings. The number of hydrogen-bond donors (Lipinski definition) is 0. The van der Waals surface area contributed by atoms with Crippen LogP contribution in [0.25, 0.3) is 0 Å². The molecule has 17 heavy (non-hydrogen) atoms. The van der Waals surface area contributed by atoms with Crippen LogP contribution in [0.1, 0.15) is 46.5 Å². The minimum absolute atomic E-state index is 0.126. The Morgan fingerprint density at radius 3 is 2.76 bits per heavy atom. The van der Waals surface area contributed by atoms with Gasteiger partial charge in [-0.2, -0.15) is 0 Å². The Morgan fingerprint density at radius 1 is 1.24 bits per heavy atom. The van der Waals surface area contributed by atoms with Crippen LogP contribution in [-0.4, -0.2) is 5.78 Å². The van der Waals surface area contributed by atoms with Crippen LogP contribution in [0.2, 0.25) is 0 Å². The summed E-state index contributed by atoms with van der Waals surface area (Å²) in [5.41, 5.74) is 5.62. The monoisotopic (exact) mass is 228 g/mol. The SMILES string of the molecule is CC1=CCC2=C(C1)C1(C)CC(C)=CCC1C2=O. The van der Waals surface area contributed by atoms with Crippen molar-refractivity contribution in [3.8, 4) is 0 Å². The number of fused-ring (bicyclic) bond motifs is 2. The molecule has 0 amide bonds. The molecule has 1 nitrogen and oxygen atoms in total. The zero-order chi connectivity index (χ0) is 12.2. The molecule has 3 aliphatic rings. The van der Waals surface area contributed by atoms with E-state index in [2.05, 4.69) is 32.9 Å². The molecule has 1 heteroatoms. The van der Waals surface area contributed by atoms with Crippen LogP contribution in [-0.2, 0) is 4.79 Å². The largest absolute Gasteiger partial charge is 0.294 e. The minimum atomic E-state index is 0.126. The molecular formula is C16H20O. The number of carbonyl (C=O) groups is 1. The highest BCUT2D eigenvalue weighted by molar-refractivity contribution is 6.02. The second-order valence-corrected chi connectivity index (χ2v) is 6.19. The molecule has 0 aromatic carbocycles. The van der Waals surface area contributed by atoms with Gasteiger partial charge in [0, 0.05) is 11.3 Å². The third kappa shape index (κ3) is 1.41. The molecule has 0 heterocycles. The van der Waals surface area contributed by atoms with Crippen molar-refractivity contribution in [2.45, 2.75) is 46.5 Å². The fraction of sp³-hybridized carbons (Fsp3) is 0.562. The molecule has 0 radical (unpaired) electrons. The van der Waals surface area contributed by atoms with Gasteiger partial charge in [-0.05, 0) is 45.1 Å². The molecule has 0 aromatic rings. The van der Waals surface area contributed by atoms with E-state index in [1.165, 1.54) is 16.7 Å². The number of rotatable bonds is 0. The normalized spacial score (nSPS) is 36.4. The van der Waals surface area contributed by atoms with E-state index in [0.29, 0.717) is 5.78 Å². The van der Waals surface area contributed by atoms with Crippen molar-refractivity contribution in [2.24, 2.45) is 11.3 Å². The van der Waals surface area contributed by atoms with Gasteiger partial charge in [-0.1, -0.05) is 35.8 Å². The Bertz CT molecular complexity index is 490. The van der Waals surface area contributed by atoms with Crippen LogP contribution < -0.4 is 0 Å². The number of ketones is 1. The molecule has 0 bridgehead atoms. The van der Waals surface area contributed by atoms with Gasteiger partial charge < -0.3 is 0 Å². The fourth-order valence-electron chi connectivity index (χ4n) is 3.93. The van der Waals surface area contributed by atoms with Crippen LogP contribution in [0.15, 0.2) is 34.4 Å². The Hall–Kier alpha value is -1.11. The zero-order valence-corrected chi connectivity index (χ0v) is 11.0. The molecule has 0 saturated carbocycles. The van der Waals surface area contributed by atoms with Crippen molar-refractivity contribution in [2.75, 3.05) is 0 Å². The smallest absolute Gasteiger partial charge is 0.163 e. The first-order valence-electron chi connectivity index (χ1n) is 6.60. The summed E-state index contributed by atoms with van der Waals surface area (Å²) in [5, 5.41) is 0.